The van der Waals surface area contributed by atoms with Gasteiger partial charge in [-0.15, -0.1) is 0 Å². The number of piperidine rings is 1. The molecule has 18 heavy (non-hydrogen) atoms. The Morgan fingerprint density at radius 2 is 2.33 bits per heavy atom. The van der Waals surface area contributed by atoms with Crippen LogP contribution in [0.5, 0.6) is 0 Å². The monoisotopic (exact) mass is 249 g/mol. The Balaban J connectivity index is 2.04. The van der Waals surface area contributed by atoms with E-state index in [1.165, 1.54) is 23.4 Å². The van der Waals surface area contributed by atoms with Gasteiger partial charge >= 0.3 is 0 Å². The van der Waals surface area contributed by atoms with E-state index in [9.17, 15) is 9.59 Å². The van der Waals surface area contributed by atoms with Gasteiger partial charge in [-0.1, -0.05) is 6.92 Å². The molecule has 2 rings (SSSR count). The maximum atomic E-state index is 12.1. The van der Waals surface area contributed by atoms with Crippen molar-refractivity contribution in [3.8, 4) is 0 Å². The van der Waals surface area contributed by atoms with Gasteiger partial charge < -0.3 is 4.90 Å². The normalized spacial score (nSPS) is 19.9. The Labute approximate surface area is 106 Å². The summed E-state index contributed by atoms with van der Waals surface area (Å²) in [5.74, 6) is 0.560. The fraction of sp³-hybridized carbons (Fsp3) is 0.615. The van der Waals surface area contributed by atoms with E-state index in [2.05, 4.69) is 11.9 Å². The van der Waals surface area contributed by atoms with E-state index in [0.29, 0.717) is 11.6 Å². The molecule has 5 nitrogen and oxygen atoms in total. The first kappa shape index (κ1) is 12.8. The average molecular weight is 249 g/mol. The second-order valence-electron chi connectivity index (χ2n) is 5.08. The Kier molecular flexibility index (Phi) is 3.79. The number of amides is 1. The molecule has 1 unspecified atom stereocenters. The highest BCUT2D eigenvalue weighted by molar-refractivity contribution is 5.76. The molecule has 0 bridgehead atoms. The third kappa shape index (κ3) is 2.97. The summed E-state index contributed by atoms with van der Waals surface area (Å²) >= 11 is 0. The van der Waals surface area contributed by atoms with Crippen LogP contribution >= 0.6 is 0 Å². The number of likely N-dealkylation sites (tertiary alicyclic amines) is 1. The molecule has 5 heteroatoms. The first-order valence-corrected chi connectivity index (χ1v) is 6.37. The van der Waals surface area contributed by atoms with Gasteiger partial charge in [0.15, 0.2) is 0 Å². The molecule has 0 saturated carbocycles. The summed E-state index contributed by atoms with van der Waals surface area (Å²) in [6, 6.07) is 1.45. The number of nitrogens with zero attached hydrogens (tertiary/aromatic N) is 3. The van der Waals surface area contributed by atoms with Crippen LogP contribution in [-0.2, 0) is 11.3 Å². The molecule has 2 heterocycles. The molecule has 1 saturated heterocycles. The summed E-state index contributed by atoms with van der Waals surface area (Å²) in [7, 11) is 0. The number of hydrogen-bond acceptors (Lipinski definition) is 3. The second kappa shape index (κ2) is 5.33. The maximum Gasteiger partial charge on any atom is 0.253 e. The van der Waals surface area contributed by atoms with Crippen molar-refractivity contribution in [2.45, 2.75) is 33.2 Å². The van der Waals surface area contributed by atoms with E-state index in [1.54, 1.807) is 6.92 Å². The minimum absolute atomic E-state index is 0.00861. The van der Waals surface area contributed by atoms with Crippen molar-refractivity contribution in [1.29, 1.82) is 0 Å². The standard InChI is InChI=1S/C13H19N3O2/c1-10-4-3-5-15(7-10)13(18)8-16-9-14-11(2)6-12(16)17/h6,9-10H,3-5,7-8H2,1-2H3. The van der Waals surface area contributed by atoms with Crippen LogP contribution in [0.2, 0.25) is 0 Å². The molecular formula is C13H19N3O2. The number of aryl methyl sites for hydroxylation is 1. The van der Waals surface area contributed by atoms with Crippen LogP contribution in [0.1, 0.15) is 25.5 Å². The molecule has 1 aromatic rings. The van der Waals surface area contributed by atoms with Crippen molar-refractivity contribution < 1.29 is 4.79 Å². The fourth-order valence-electron chi connectivity index (χ4n) is 2.30. The molecule has 1 amide bonds. The lowest BCUT2D eigenvalue weighted by atomic mass is 10.0. The van der Waals surface area contributed by atoms with E-state index in [1.807, 2.05) is 4.90 Å². The third-order valence-corrected chi connectivity index (χ3v) is 3.33. The molecule has 0 spiro atoms. The zero-order chi connectivity index (χ0) is 13.1. The summed E-state index contributed by atoms with van der Waals surface area (Å²) in [4.78, 5) is 29.7. The summed E-state index contributed by atoms with van der Waals surface area (Å²) < 4.78 is 1.37. The maximum absolute atomic E-state index is 12.1. The first-order valence-electron chi connectivity index (χ1n) is 6.37. The summed E-state index contributed by atoms with van der Waals surface area (Å²) in [6.07, 6.45) is 3.67. The number of carbonyl (C=O) groups excluding carboxylic acids is 1. The summed E-state index contributed by atoms with van der Waals surface area (Å²) in [5.41, 5.74) is 0.510. The molecule has 0 radical (unpaired) electrons. The topological polar surface area (TPSA) is 55.2 Å². The van der Waals surface area contributed by atoms with Gasteiger partial charge in [-0.3, -0.25) is 14.2 Å². The lowest BCUT2D eigenvalue weighted by molar-refractivity contribution is -0.133. The van der Waals surface area contributed by atoms with Gasteiger partial charge in [0, 0.05) is 24.8 Å². The van der Waals surface area contributed by atoms with Gasteiger partial charge in [0.25, 0.3) is 5.56 Å². The number of carbonyl (C=O) groups is 1. The minimum atomic E-state index is -0.166. The minimum Gasteiger partial charge on any atom is -0.341 e. The highest BCUT2D eigenvalue weighted by Gasteiger charge is 2.21. The van der Waals surface area contributed by atoms with Crippen LogP contribution in [0.15, 0.2) is 17.2 Å². The molecule has 1 fully saturated rings. The lowest BCUT2D eigenvalue weighted by Gasteiger charge is -2.31. The van der Waals surface area contributed by atoms with E-state index >= 15 is 0 Å². The van der Waals surface area contributed by atoms with Crippen molar-refractivity contribution in [2.24, 2.45) is 5.92 Å². The van der Waals surface area contributed by atoms with Gasteiger partial charge in [0.2, 0.25) is 5.91 Å². The molecular weight excluding hydrogens is 230 g/mol. The fourth-order valence-corrected chi connectivity index (χ4v) is 2.30. The Bertz CT molecular complexity index is 495. The summed E-state index contributed by atoms with van der Waals surface area (Å²) in [5, 5.41) is 0. The average Bonchev–Trinajstić information content (AvgIpc) is 2.32. The van der Waals surface area contributed by atoms with Crippen molar-refractivity contribution in [1.82, 2.24) is 14.5 Å². The van der Waals surface area contributed by atoms with E-state index in [0.717, 1.165) is 19.5 Å². The van der Waals surface area contributed by atoms with Crippen molar-refractivity contribution in [3.05, 3.63) is 28.4 Å². The van der Waals surface area contributed by atoms with Crippen molar-refractivity contribution >= 4 is 5.91 Å². The van der Waals surface area contributed by atoms with Crippen LogP contribution in [0, 0.1) is 12.8 Å². The predicted octanol–water partition coefficient (Wildman–Crippen LogP) is 0.810. The lowest BCUT2D eigenvalue weighted by Crippen LogP contribution is -2.42. The quantitative estimate of drug-likeness (QED) is 0.779. The Morgan fingerprint density at radius 1 is 1.56 bits per heavy atom. The first-order chi connectivity index (χ1) is 8.56. The number of rotatable bonds is 2. The molecule has 98 valence electrons. The van der Waals surface area contributed by atoms with Gasteiger partial charge in [0.1, 0.15) is 6.54 Å². The number of hydrogen-bond donors (Lipinski definition) is 0. The smallest absolute Gasteiger partial charge is 0.253 e. The zero-order valence-electron chi connectivity index (χ0n) is 10.9. The predicted molar refractivity (Wildman–Crippen MR) is 68.2 cm³/mol. The second-order valence-corrected chi connectivity index (χ2v) is 5.08. The molecule has 1 aromatic heterocycles. The molecule has 1 atom stereocenters. The Morgan fingerprint density at radius 3 is 3.00 bits per heavy atom. The van der Waals surface area contributed by atoms with E-state index < -0.39 is 0 Å². The van der Waals surface area contributed by atoms with Crippen LogP contribution in [0.25, 0.3) is 0 Å². The molecule has 0 aromatic carbocycles. The van der Waals surface area contributed by atoms with Gasteiger partial charge in [0.05, 0.1) is 6.33 Å². The van der Waals surface area contributed by atoms with Gasteiger partial charge in [-0.05, 0) is 25.7 Å². The molecule has 1 aliphatic heterocycles. The number of aromatic nitrogens is 2. The Hall–Kier alpha value is -1.65. The van der Waals surface area contributed by atoms with Crippen LogP contribution in [0.4, 0.5) is 0 Å². The highest BCUT2D eigenvalue weighted by atomic mass is 16.2. The zero-order valence-corrected chi connectivity index (χ0v) is 10.9. The SMILES string of the molecule is Cc1cc(=O)n(CC(=O)N2CCCC(C)C2)cn1. The summed E-state index contributed by atoms with van der Waals surface area (Å²) in [6.45, 7) is 5.61. The molecule has 1 aliphatic rings. The van der Waals surface area contributed by atoms with Crippen LogP contribution < -0.4 is 5.56 Å². The van der Waals surface area contributed by atoms with E-state index in [-0.39, 0.29) is 18.0 Å². The largest absolute Gasteiger partial charge is 0.341 e. The van der Waals surface area contributed by atoms with Crippen molar-refractivity contribution in [2.75, 3.05) is 13.1 Å². The van der Waals surface area contributed by atoms with Crippen molar-refractivity contribution in [3.63, 3.8) is 0 Å². The van der Waals surface area contributed by atoms with Crippen LogP contribution in [-0.4, -0.2) is 33.4 Å². The van der Waals surface area contributed by atoms with Gasteiger partial charge in [-0.25, -0.2) is 4.98 Å². The molecule has 0 aliphatic carbocycles. The van der Waals surface area contributed by atoms with Gasteiger partial charge in [-0.2, -0.15) is 0 Å². The highest BCUT2D eigenvalue weighted by Crippen LogP contribution is 2.15. The van der Waals surface area contributed by atoms with Crippen LogP contribution in [0.3, 0.4) is 0 Å². The third-order valence-electron chi connectivity index (χ3n) is 3.33. The van der Waals surface area contributed by atoms with E-state index in [4.69, 9.17) is 0 Å². The molecule has 0 N–H and O–H groups in total.